The molecule has 1 N–H and O–H groups in total. The van der Waals surface area contributed by atoms with Crippen LogP contribution in [0.3, 0.4) is 0 Å². The Kier molecular flexibility index (Phi) is 4.55. The Morgan fingerprint density at radius 1 is 1.14 bits per heavy atom. The van der Waals surface area contributed by atoms with Crippen LogP contribution in [0.15, 0.2) is 58.9 Å². The molecule has 2 aromatic carbocycles. The highest BCUT2D eigenvalue weighted by molar-refractivity contribution is 9.10. The van der Waals surface area contributed by atoms with Crippen molar-refractivity contribution >= 4 is 45.0 Å². The van der Waals surface area contributed by atoms with E-state index < -0.39 is 11.9 Å². The van der Waals surface area contributed by atoms with Crippen molar-refractivity contribution in [1.82, 2.24) is 4.90 Å². The molecular formula is C21H19BrN3O3+. The molecule has 0 aromatic heterocycles. The lowest BCUT2D eigenvalue weighted by Gasteiger charge is -2.20. The van der Waals surface area contributed by atoms with Crippen LogP contribution in [-0.4, -0.2) is 41.4 Å². The molecule has 28 heavy (non-hydrogen) atoms. The second kappa shape index (κ2) is 6.91. The number of nitrogens with zero attached hydrogens (tertiary/aromatic N) is 2. The standard InChI is InChI=1S/C21H19BrN3O3/c1-12-7-4-5-10-15(12)23-18-16(13-8-6-9-14(22)11-13)17-19(26)24(2)21(27)25(3)20(17)28-18/h4-11,17,23H,1-3H3/q+1. The van der Waals surface area contributed by atoms with Gasteiger partial charge in [-0.15, -0.1) is 0 Å². The lowest BCUT2D eigenvalue weighted by molar-refractivity contribution is -0.415. The fraction of sp³-hybridized carbons (Fsp3) is 0.190. The van der Waals surface area contributed by atoms with Crippen molar-refractivity contribution in [1.29, 1.82) is 0 Å². The van der Waals surface area contributed by atoms with E-state index in [0.717, 1.165) is 26.2 Å². The predicted molar refractivity (Wildman–Crippen MR) is 110 cm³/mol. The molecule has 7 heteroatoms. The van der Waals surface area contributed by atoms with Gasteiger partial charge in [-0.05, 0) is 36.2 Å². The van der Waals surface area contributed by atoms with Crippen molar-refractivity contribution in [2.24, 2.45) is 5.92 Å². The largest absolute Gasteiger partial charge is 0.502 e. The van der Waals surface area contributed by atoms with Crippen LogP contribution >= 0.6 is 15.9 Å². The first kappa shape index (κ1) is 18.4. The topological polar surface area (TPSA) is 61.7 Å². The summed E-state index contributed by atoms with van der Waals surface area (Å²) < 4.78 is 8.34. The van der Waals surface area contributed by atoms with Crippen molar-refractivity contribution in [2.75, 3.05) is 19.4 Å². The van der Waals surface area contributed by atoms with Crippen molar-refractivity contribution < 1.29 is 18.9 Å². The first-order valence-corrected chi connectivity index (χ1v) is 9.60. The first-order valence-electron chi connectivity index (χ1n) is 8.81. The second-order valence-electron chi connectivity index (χ2n) is 6.81. The van der Waals surface area contributed by atoms with Gasteiger partial charge < -0.3 is 10.1 Å². The molecule has 1 atom stereocenters. The third-order valence-corrected chi connectivity index (χ3v) is 5.49. The average molecular weight is 441 g/mol. The Hall–Kier alpha value is -2.93. The number of halogens is 1. The minimum Gasteiger partial charge on any atom is -0.408 e. The van der Waals surface area contributed by atoms with Crippen LogP contribution in [-0.2, 0) is 9.53 Å². The molecule has 2 aliphatic heterocycles. The molecular weight excluding hydrogens is 422 g/mol. The van der Waals surface area contributed by atoms with Crippen LogP contribution in [0.4, 0.5) is 10.5 Å². The number of hydrogen-bond donors (Lipinski definition) is 1. The number of rotatable bonds is 3. The molecule has 0 radical (unpaired) electrons. The monoisotopic (exact) mass is 440 g/mol. The molecule has 0 aliphatic carbocycles. The molecule has 0 bridgehead atoms. The summed E-state index contributed by atoms with van der Waals surface area (Å²) in [4.78, 5) is 26.5. The third-order valence-electron chi connectivity index (χ3n) is 5.00. The maximum Gasteiger partial charge on any atom is 0.502 e. The molecule has 2 aliphatic rings. The molecule has 2 aromatic rings. The molecule has 1 unspecified atom stereocenters. The van der Waals surface area contributed by atoms with E-state index in [1.807, 2.05) is 55.5 Å². The van der Waals surface area contributed by atoms with E-state index in [0.29, 0.717) is 17.4 Å². The SMILES string of the molecule is Cc1ccccc1NC1=C(c2cccc(Br)c2)C2C(=O)N(C)C(=O)[N+](C)=C2O1. The highest BCUT2D eigenvalue weighted by Gasteiger charge is 2.53. The molecule has 3 amide bonds. The van der Waals surface area contributed by atoms with E-state index in [1.54, 1.807) is 7.05 Å². The molecule has 142 valence electrons. The summed E-state index contributed by atoms with van der Waals surface area (Å²) in [5.74, 6) is -0.224. The minimum atomic E-state index is -0.687. The maximum atomic E-state index is 13.0. The second-order valence-corrected chi connectivity index (χ2v) is 7.72. The minimum absolute atomic E-state index is 0.311. The summed E-state index contributed by atoms with van der Waals surface area (Å²) in [5.41, 5.74) is 3.46. The number of para-hydroxylation sites is 1. The van der Waals surface area contributed by atoms with Crippen molar-refractivity contribution in [2.45, 2.75) is 6.92 Å². The van der Waals surface area contributed by atoms with Crippen LogP contribution in [0.5, 0.6) is 0 Å². The predicted octanol–water partition coefficient (Wildman–Crippen LogP) is 3.82. The average Bonchev–Trinajstić information content (AvgIpc) is 3.06. The molecule has 6 nitrogen and oxygen atoms in total. The number of nitrogens with one attached hydrogen (secondary N) is 1. The van der Waals surface area contributed by atoms with Gasteiger partial charge in [0.25, 0.3) is 5.90 Å². The van der Waals surface area contributed by atoms with E-state index in [2.05, 4.69) is 21.2 Å². The third kappa shape index (κ3) is 2.92. The highest BCUT2D eigenvalue weighted by atomic mass is 79.9. The molecule has 2 heterocycles. The zero-order valence-electron chi connectivity index (χ0n) is 15.7. The number of ether oxygens (including phenoxy) is 1. The van der Waals surface area contributed by atoms with Crippen molar-refractivity contribution in [3.63, 3.8) is 0 Å². The van der Waals surface area contributed by atoms with E-state index >= 15 is 0 Å². The van der Waals surface area contributed by atoms with Gasteiger partial charge in [-0.25, -0.2) is 4.79 Å². The number of amides is 3. The lowest BCUT2D eigenvalue weighted by Crippen LogP contribution is -2.51. The summed E-state index contributed by atoms with van der Waals surface area (Å²) in [7, 11) is 3.10. The zero-order chi connectivity index (χ0) is 20.0. The lowest BCUT2D eigenvalue weighted by atomic mass is 9.91. The van der Waals surface area contributed by atoms with Gasteiger partial charge in [0.1, 0.15) is 0 Å². The summed E-state index contributed by atoms with van der Waals surface area (Å²) in [6.45, 7) is 1.99. The number of fused-ring (bicyclic) bond motifs is 1. The number of carbonyl (C=O) groups is 2. The number of aryl methyl sites for hydroxylation is 1. The smallest absolute Gasteiger partial charge is 0.408 e. The van der Waals surface area contributed by atoms with Crippen LogP contribution in [0.2, 0.25) is 0 Å². The highest BCUT2D eigenvalue weighted by Crippen LogP contribution is 2.39. The Morgan fingerprint density at radius 2 is 1.89 bits per heavy atom. The molecule has 0 spiro atoms. The van der Waals surface area contributed by atoms with Gasteiger partial charge >= 0.3 is 11.9 Å². The number of benzene rings is 2. The van der Waals surface area contributed by atoms with Crippen LogP contribution < -0.4 is 5.32 Å². The molecule has 0 saturated heterocycles. The molecule has 0 saturated carbocycles. The van der Waals surface area contributed by atoms with E-state index in [9.17, 15) is 9.59 Å². The van der Waals surface area contributed by atoms with Crippen LogP contribution in [0, 0.1) is 12.8 Å². The van der Waals surface area contributed by atoms with Gasteiger partial charge in [0.05, 0.1) is 14.1 Å². The van der Waals surface area contributed by atoms with Crippen LogP contribution in [0.25, 0.3) is 5.57 Å². The summed E-state index contributed by atoms with van der Waals surface area (Å²) >= 11 is 3.49. The fourth-order valence-electron chi connectivity index (χ4n) is 3.45. The van der Waals surface area contributed by atoms with Gasteiger partial charge in [0.2, 0.25) is 5.88 Å². The summed E-state index contributed by atoms with van der Waals surface area (Å²) in [6, 6.07) is 15.1. The normalized spacial score (nSPS) is 19.1. The van der Waals surface area contributed by atoms with E-state index in [4.69, 9.17) is 4.74 Å². The number of urea groups is 1. The number of imide groups is 1. The molecule has 4 rings (SSSR count). The number of anilines is 1. The van der Waals surface area contributed by atoms with Crippen molar-refractivity contribution in [3.8, 4) is 0 Å². The Labute approximate surface area is 171 Å². The van der Waals surface area contributed by atoms with Gasteiger partial charge in [0, 0.05) is 15.7 Å². The Balaban J connectivity index is 1.90. The number of carbonyl (C=O) groups excluding carboxylic acids is 2. The quantitative estimate of drug-likeness (QED) is 0.736. The number of hydrogen-bond acceptors (Lipinski definition) is 4. The first-order chi connectivity index (χ1) is 13.4. The van der Waals surface area contributed by atoms with Gasteiger partial charge in [-0.2, -0.15) is 14.3 Å². The summed E-state index contributed by atoms with van der Waals surface area (Å²) in [6.07, 6.45) is 0. The zero-order valence-corrected chi connectivity index (χ0v) is 17.3. The van der Waals surface area contributed by atoms with Crippen LogP contribution in [0.1, 0.15) is 11.1 Å². The van der Waals surface area contributed by atoms with E-state index in [1.165, 1.54) is 11.6 Å². The Morgan fingerprint density at radius 3 is 2.61 bits per heavy atom. The van der Waals surface area contributed by atoms with Crippen molar-refractivity contribution in [3.05, 3.63) is 70.0 Å². The Bertz CT molecular complexity index is 1070. The van der Waals surface area contributed by atoms with E-state index in [-0.39, 0.29) is 5.91 Å². The molecule has 0 fully saturated rings. The fourth-order valence-corrected chi connectivity index (χ4v) is 3.85. The van der Waals surface area contributed by atoms with Gasteiger partial charge in [-0.1, -0.05) is 46.3 Å². The van der Waals surface area contributed by atoms with Gasteiger partial charge in [-0.3, -0.25) is 0 Å². The summed E-state index contributed by atoms with van der Waals surface area (Å²) in [5, 5.41) is 3.32. The maximum absolute atomic E-state index is 13.0. The van der Waals surface area contributed by atoms with Gasteiger partial charge in [0.15, 0.2) is 5.92 Å².